The van der Waals surface area contributed by atoms with E-state index in [0.29, 0.717) is 6.54 Å². The van der Waals surface area contributed by atoms with Crippen molar-refractivity contribution >= 4 is 27.8 Å². The van der Waals surface area contributed by atoms with E-state index in [2.05, 4.69) is 15.9 Å². The van der Waals surface area contributed by atoms with E-state index in [9.17, 15) is 9.59 Å². The monoisotopic (exact) mass is 355 g/mol. The van der Waals surface area contributed by atoms with Gasteiger partial charge in [0.15, 0.2) is 6.10 Å². The SMILES string of the molecule is CC(C)(C(=O)N1CCO[C@@H](C(=O)O)C1)c1cccc(Br)c1. The Bertz CT molecular complexity index is 558. The molecule has 0 aromatic heterocycles. The number of nitrogens with zero attached hydrogens (tertiary/aromatic N) is 1. The summed E-state index contributed by atoms with van der Waals surface area (Å²) in [5, 5.41) is 9.02. The predicted octanol–water partition coefficient (Wildman–Crippen LogP) is 2.04. The lowest BCUT2D eigenvalue weighted by Crippen LogP contribution is -2.53. The van der Waals surface area contributed by atoms with Gasteiger partial charge in [-0.25, -0.2) is 4.79 Å². The fraction of sp³-hybridized carbons (Fsp3) is 0.467. The second kappa shape index (κ2) is 6.15. The molecule has 114 valence electrons. The molecule has 0 unspecified atom stereocenters. The van der Waals surface area contributed by atoms with Crippen LogP contribution in [0.4, 0.5) is 0 Å². The first-order valence-electron chi connectivity index (χ1n) is 6.72. The number of carbonyl (C=O) groups is 2. The van der Waals surface area contributed by atoms with Crippen LogP contribution in [0.5, 0.6) is 0 Å². The number of halogens is 1. The third-order valence-electron chi connectivity index (χ3n) is 3.71. The number of carboxylic acids is 1. The third-order valence-corrected chi connectivity index (χ3v) is 4.20. The highest BCUT2D eigenvalue weighted by Gasteiger charge is 2.37. The highest BCUT2D eigenvalue weighted by molar-refractivity contribution is 9.10. The Hall–Kier alpha value is -1.40. The lowest BCUT2D eigenvalue weighted by atomic mass is 9.83. The van der Waals surface area contributed by atoms with Gasteiger partial charge >= 0.3 is 5.97 Å². The van der Waals surface area contributed by atoms with Gasteiger partial charge in [0.25, 0.3) is 0 Å². The number of morpholine rings is 1. The molecule has 1 fully saturated rings. The normalized spacial score (nSPS) is 19.4. The summed E-state index contributed by atoms with van der Waals surface area (Å²) >= 11 is 3.41. The van der Waals surface area contributed by atoms with Crippen LogP contribution in [0.1, 0.15) is 19.4 Å². The molecule has 0 radical (unpaired) electrons. The second-order valence-electron chi connectivity index (χ2n) is 5.58. The number of carbonyl (C=O) groups excluding carboxylic acids is 1. The van der Waals surface area contributed by atoms with Crippen LogP contribution in [0.3, 0.4) is 0 Å². The first-order valence-corrected chi connectivity index (χ1v) is 7.51. The van der Waals surface area contributed by atoms with Gasteiger partial charge in [-0.15, -0.1) is 0 Å². The molecule has 6 heteroatoms. The van der Waals surface area contributed by atoms with Gasteiger partial charge in [-0.2, -0.15) is 0 Å². The van der Waals surface area contributed by atoms with Crippen LogP contribution in [0.25, 0.3) is 0 Å². The second-order valence-corrected chi connectivity index (χ2v) is 6.50. The smallest absolute Gasteiger partial charge is 0.334 e. The van der Waals surface area contributed by atoms with Crippen molar-refractivity contribution in [1.29, 1.82) is 0 Å². The molecule has 1 atom stereocenters. The molecule has 1 amide bonds. The minimum Gasteiger partial charge on any atom is -0.479 e. The first-order chi connectivity index (χ1) is 9.82. The Kier molecular flexibility index (Phi) is 4.68. The summed E-state index contributed by atoms with van der Waals surface area (Å²) in [5.41, 5.74) is 0.171. The van der Waals surface area contributed by atoms with E-state index in [1.54, 1.807) is 4.90 Å². The fourth-order valence-corrected chi connectivity index (χ4v) is 2.78. The van der Waals surface area contributed by atoms with Crippen molar-refractivity contribution in [2.24, 2.45) is 0 Å². The van der Waals surface area contributed by atoms with Gasteiger partial charge in [0, 0.05) is 11.0 Å². The molecule has 0 aliphatic carbocycles. The van der Waals surface area contributed by atoms with Crippen LogP contribution >= 0.6 is 15.9 Å². The van der Waals surface area contributed by atoms with Crippen LogP contribution in [0.2, 0.25) is 0 Å². The lowest BCUT2D eigenvalue weighted by molar-refractivity contribution is -0.160. The molecule has 1 aliphatic heterocycles. The minimum absolute atomic E-state index is 0.0878. The van der Waals surface area contributed by atoms with Gasteiger partial charge in [0.2, 0.25) is 5.91 Å². The maximum absolute atomic E-state index is 12.8. The summed E-state index contributed by atoms with van der Waals surface area (Å²) in [4.78, 5) is 25.4. The Morgan fingerprint density at radius 1 is 1.43 bits per heavy atom. The Morgan fingerprint density at radius 3 is 2.76 bits per heavy atom. The zero-order valence-electron chi connectivity index (χ0n) is 12.0. The summed E-state index contributed by atoms with van der Waals surface area (Å²) < 4.78 is 6.06. The molecular weight excluding hydrogens is 338 g/mol. The minimum atomic E-state index is -1.03. The largest absolute Gasteiger partial charge is 0.479 e. The average molecular weight is 356 g/mol. The van der Waals surface area contributed by atoms with Gasteiger partial charge in [0.1, 0.15) is 0 Å². The number of hydrogen-bond acceptors (Lipinski definition) is 3. The number of aliphatic carboxylic acids is 1. The van der Waals surface area contributed by atoms with Crippen LogP contribution in [-0.4, -0.2) is 47.7 Å². The van der Waals surface area contributed by atoms with E-state index >= 15 is 0 Å². The van der Waals surface area contributed by atoms with Gasteiger partial charge in [0.05, 0.1) is 18.6 Å². The van der Waals surface area contributed by atoms with E-state index in [0.717, 1.165) is 10.0 Å². The van der Waals surface area contributed by atoms with Gasteiger partial charge in [-0.05, 0) is 31.5 Å². The van der Waals surface area contributed by atoms with Crippen molar-refractivity contribution in [1.82, 2.24) is 4.90 Å². The summed E-state index contributed by atoms with van der Waals surface area (Å²) in [6.45, 7) is 4.45. The maximum atomic E-state index is 12.8. The molecule has 0 spiro atoms. The molecule has 1 aliphatic rings. The quantitative estimate of drug-likeness (QED) is 0.900. The Labute approximate surface area is 132 Å². The molecule has 1 aromatic carbocycles. The molecular formula is C15H18BrNO4. The highest BCUT2D eigenvalue weighted by atomic mass is 79.9. The van der Waals surface area contributed by atoms with Crippen molar-refractivity contribution in [2.75, 3.05) is 19.7 Å². The molecule has 1 N–H and O–H groups in total. The van der Waals surface area contributed by atoms with E-state index < -0.39 is 17.5 Å². The van der Waals surface area contributed by atoms with Crippen LogP contribution in [0.15, 0.2) is 28.7 Å². The van der Waals surface area contributed by atoms with Crippen molar-refractivity contribution in [3.63, 3.8) is 0 Å². The predicted molar refractivity (Wildman–Crippen MR) is 81.1 cm³/mol. The molecule has 1 aromatic rings. The number of hydrogen-bond donors (Lipinski definition) is 1. The Morgan fingerprint density at radius 2 is 2.14 bits per heavy atom. The number of ether oxygens (including phenoxy) is 1. The fourth-order valence-electron chi connectivity index (χ4n) is 2.38. The number of carboxylic acid groups (broad SMARTS) is 1. The van der Waals surface area contributed by atoms with Crippen molar-refractivity contribution < 1.29 is 19.4 Å². The van der Waals surface area contributed by atoms with Crippen molar-refractivity contribution in [3.8, 4) is 0 Å². The average Bonchev–Trinajstić information content (AvgIpc) is 2.46. The highest BCUT2D eigenvalue weighted by Crippen LogP contribution is 2.28. The summed E-state index contributed by atoms with van der Waals surface area (Å²) in [6, 6.07) is 7.60. The van der Waals surface area contributed by atoms with Gasteiger partial charge < -0.3 is 14.7 Å². The van der Waals surface area contributed by atoms with E-state index in [4.69, 9.17) is 9.84 Å². The topological polar surface area (TPSA) is 66.8 Å². The summed E-state index contributed by atoms with van der Waals surface area (Å²) in [6.07, 6.45) is -0.944. The van der Waals surface area contributed by atoms with Crippen molar-refractivity contribution in [3.05, 3.63) is 34.3 Å². The molecule has 1 heterocycles. The standard InChI is InChI=1S/C15H18BrNO4/c1-15(2,10-4-3-5-11(16)8-10)14(20)17-6-7-21-12(9-17)13(18)19/h3-5,8,12H,6-7,9H2,1-2H3,(H,18,19)/t12-/m1/s1. The number of benzene rings is 1. The molecule has 0 saturated carbocycles. The van der Waals surface area contributed by atoms with Crippen LogP contribution in [0, 0.1) is 0 Å². The molecule has 5 nitrogen and oxygen atoms in total. The Balaban J connectivity index is 2.19. The number of rotatable bonds is 3. The first kappa shape index (κ1) is 16.0. The summed E-state index contributed by atoms with van der Waals surface area (Å²) in [7, 11) is 0. The van der Waals surface area contributed by atoms with E-state index in [-0.39, 0.29) is 19.1 Å². The molecule has 1 saturated heterocycles. The van der Waals surface area contributed by atoms with Gasteiger partial charge in [-0.1, -0.05) is 28.1 Å². The van der Waals surface area contributed by atoms with Gasteiger partial charge in [-0.3, -0.25) is 4.79 Å². The molecule has 2 rings (SSSR count). The van der Waals surface area contributed by atoms with Crippen LogP contribution in [-0.2, 0) is 19.7 Å². The van der Waals surface area contributed by atoms with E-state index in [1.165, 1.54) is 0 Å². The zero-order chi connectivity index (χ0) is 15.6. The third kappa shape index (κ3) is 3.44. The maximum Gasteiger partial charge on any atom is 0.334 e. The zero-order valence-corrected chi connectivity index (χ0v) is 13.6. The molecule has 21 heavy (non-hydrogen) atoms. The van der Waals surface area contributed by atoms with Crippen LogP contribution < -0.4 is 0 Å². The van der Waals surface area contributed by atoms with Crippen molar-refractivity contribution in [2.45, 2.75) is 25.4 Å². The lowest BCUT2D eigenvalue weighted by Gasteiger charge is -2.36. The summed E-state index contributed by atoms with van der Waals surface area (Å²) in [5.74, 6) is -1.12. The molecule has 0 bridgehead atoms. The number of amides is 1. The van der Waals surface area contributed by atoms with E-state index in [1.807, 2.05) is 38.1 Å².